The Bertz CT molecular complexity index is 1080. The van der Waals surface area contributed by atoms with Gasteiger partial charge in [0.25, 0.3) is 5.89 Å². The van der Waals surface area contributed by atoms with E-state index in [1.54, 1.807) is 18.2 Å². The molecular formula is C18H17ClN4O4S2. The number of morpholine rings is 1. The molecule has 0 saturated carbocycles. The molecule has 1 fully saturated rings. The van der Waals surface area contributed by atoms with Crippen LogP contribution in [0.3, 0.4) is 0 Å². The number of benzene rings is 1. The van der Waals surface area contributed by atoms with Crippen LogP contribution in [0.25, 0.3) is 11.5 Å². The van der Waals surface area contributed by atoms with Gasteiger partial charge in [0, 0.05) is 19.3 Å². The van der Waals surface area contributed by atoms with Gasteiger partial charge in [-0.2, -0.15) is 9.29 Å². The highest BCUT2D eigenvalue weighted by molar-refractivity contribution is 7.98. The first kappa shape index (κ1) is 20.3. The molecule has 0 N–H and O–H groups in total. The van der Waals surface area contributed by atoms with Crippen LogP contribution >= 0.6 is 23.4 Å². The smallest absolute Gasteiger partial charge is 0.259 e. The molecule has 3 aromatic rings. The third-order valence-electron chi connectivity index (χ3n) is 4.24. The molecule has 0 bridgehead atoms. The molecule has 0 atom stereocenters. The highest BCUT2D eigenvalue weighted by Crippen LogP contribution is 2.27. The molecule has 1 aliphatic heterocycles. The highest BCUT2D eigenvalue weighted by Gasteiger charge is 2.26. The molecule has 152 valence electrons. The molecule has 1 saturated heterocycles. The lowest BCUT2D eigenvalue weighted by Crippen LogP contribution is -2.40. The monoisotopic (exact) mass is 452 g/mol. The highest BCUT2D eigenvalue weighted by atomic mass is 35.5. The minimum Gasteiger partial charge on any atom is -0.379 e. The third-order valence-corrected chi connectivity index (χ3v) is 7.39. The molecule has 0 amide bonds. The van der Waals surface area contributed by atoms with Gasteiger partial charge in [-0.1, -0.05) is 40.7 Å². The molecular weight excluding hydrogens is 436 g/mol. The van der Waals surface area contributed by atoms with Crippen LogP contribution in [0.15, 0.2) is 57.0 Å². The van der Waals surface area contributed by atoms with Crippen molar-refractivity contribution < 1.29 is 17.7 Å². The molecule has 11 heteroatoms. The van der Waals surface area contributed by atoms with Crippen LogP contribution in [0.5, 0.6) is 0 Å². The van der Waals surface area contributed by atoms with Gasteiger partial charge in [-0.25, -0.2) is 13.4 Å². The number of nitrogens with zero attached hydrogens (tertiary/aromatic N) is 4. The molecule has 0 aliphatic carbocycles. The van der Waals surface area contributed by atoms with Gasteiger partial charge in [-0.05, 0) is 24.3 Å². The molecule has 29 heavy (non-hydrogen) atoms. The Morgan fingerprint density at radius 3 is 2.66 bits per heavy atom. The number of halogens is 1. The van der Waals surface area contributed by atoms with Gasteiger partial charge < -0.3 is 9.26 Å². The SMILES string of the molecule is O=S(=O)(c1ccc(SCc2noc(-c3ccccc3Cl)n2)nc1)N1CCOCC1. The van der Waals surface area contributed by atoms with Crippen molar-refractivity contribution in [3.05, 3.63) is 53.4 Å². The van der Waals surface area contributed by atoms with E-state index in [-0.39, 0.29) is 4.90 Å². The molecule has 1 aliphatic rings. The van der Waals surface area contributed by atoms with Crippen molar-refractivity contribution in [2.24, 2.45) is 0 Å². The van der Waals surface area contributed by atoms with Crippen molar-refractivity contribution in [1.82, 2.24) is 19.4 Å². The minimum absolute atomic E-state index is 0.171. The summed E-state index contributed by atoms with van der Waals surface area (Å²) in [6, 6.07) is 10.5. The Morgan fingerprint density at radius 2 is 1.93 bits per heavy atom. The van der Waals surface area contributed by atoms with Crippen LogP contribution in [0.4, 0.5) is 0 Å². The summed E-state index contributed by atoms with van der Waals surface area (Å²) >= 11 is 7.53. The first-order valence-electron chi connectivity index (χ1n) is 8.78. The van der Waals surface area contributed by atoms with E-state index in [1.165, 1.54) is 22.3 Å². The predicted octanol–water partition coefficient (Wildman–Crippen LogP) is 3.10. The zero-order chi connectivity index (χ0) is 20.3. The number of sulfonamides is 1. The summed E-state index contributed by atoms with van der Waals surface area (Å²) in [5.41, 5.74) is 0.675. The van der Waals surface area contributed by atoms with Crippen molar-refractivity contribution in [2.45, 2.75) is 15.7 Å². The van der Waals surface area contributed by atoms with Crippen molar-refractivity contribution >= 4 is 33.4 Å². The summed E-state index contributed by atoms with van der Waals surface area (Å²) in [6.45, 7) is 1.51. The van der Waals surface area contributed by atoms with Crippen LogP contribution in [-0.4, -0.2) is 54.2 Å². The number of hydrogen-bond donors (Lipinski definition) is 0. The second-order valence-corrected chi connectivity index (χ2v) is 9.47. The Kier molecular flexibility index (Phi) is 6.16. The quantitative estimate of drug-likeness (QED) is 0.526. The van der Waals surface area contributed by atoms with E-state index in [1.807, 2.05) is 18.2 Å². The largest absolute Gasteiger partial charge is 0.379 e. The van der Waals surface area contributed by atoms with Gasteiger partial charge >= 0.3 is 0 Å². The van der Waals surface area contributed by atoms with E-state index >= 15 is 0 Å². The minimum atomic E-state index is -3.55. The van der Waals surface area contributed by atoms with E-state index in [0.717, 1.165) is 0 Å². The number of rotatable bonds is 6. The zero-order valence-corrected chi connectivity index (χ0v) is 17.6. The van der Waals surface area contributed by atoms with Crippen LogP contribution in [0, 0.1) is 0 Å². The molecule has 0 unspecified atom stereocenters. The average Bonchev–Trinajstić information content (AvgIpc) is 3.22. The molecule has 0 spiro atoms. The fraction of sp³-hybridized carbons (Fsp3) is 0.278. The van der Waals surface area contributed by atoms with Crippen molar-refractivity contribution in [2.75, 3.05) is 26.3 Å². The van der Waals surface area contributed by atoms with E-state index in [9.17, 15) is 8.42 Å². The Morgan fingerprint density at radius 1 is 1.14 bits per heavy atom. The summed E-state index contributed by atoms with van der Waals surface area (Å²) in [5.74, 6) is 1.28. The van der Waals surface area contributed by atoms with Crippen molar-refractivity contribution in [1.29, 1.82) is 0 Å². The fourth-order valence-electron chi connectivity index (χ4n) is 2.74. The standard InChI is InChI=1S/C18H17ClN4O4S2/c19-15-4-2-1-3-14(15)18-21-16(22-27-18)12-28-17-6-5-13(11-20-17)29(24,25)23-7-9-26-10-8-23/h1-6,11H,7-10,12H2. The summed E-state index contributed by atoms with van der Waals surface area (Å²) in [7, 11) is -3.55. The maximum Gasteiger partial charge on any atom is 0.259 e. The molecule has 3 heterocycles. The van der Waals surface area contributed by atoms with Crippen LogP contribution < -0.4 is 0 Å². The molecule has 8 nitrogen and oxygen atoms in total. The van der Waals surface area contributed by atoms with Gasteiger partial charge in [0.1, 0.15) is 4.90 Å². The van der Waals surface area contributed by atoms with E-state index < -0.39 is 10.0 Å². The van der Waals surface area contributed by atoms with Crippen LogP contribution in [-0.2, 0) is 20.5 Å². The maximum absolute atomic E-state index is 12.6. The lowest BCUT2D eigenvalue weighted by Gasteiger charge is -2.25. The van der Waals surface area contributed by atoms with Gasteiger partial charge in [0.15, 0.2) is 5.82 Å². The van der Waals surface area contributed by atoms with Gasteiger partial charge in [0.2, 0.25) is 10.0 Å². The van der Waals surface area contributed by atoms with Crippen LogP contribution in [0.2, 0.25) is 5.02 Å². The third kappa shape index (κ3) is 4.62. The number of thioether (sulfide) groups is 1. The Labute approximate surface area is 177 Å². The lowest BCUT2D eigenvalue weighted by molar-refractivity contribution is 0.0730. The predicted molar refractivity (Wildman–Crippen MR) is 108 cm³/mol. The first-order chi connectivity index (χ1) is 14.0. The van der Waals surface area contributed by atoms with Crippen molar-refractivity contribution in [3.63, 3.8) is 0 Å². The normalized spacial score (nSPS) is 15.5. The van der Waals surface area contributed by atoms with E-state index in [0.29, 0.717) is 59.4 Å². The number of pyridine rings is 1. The van der Waals surface area contributed by atoms with Gasteiger partial charge in [0.05, 0.1) is 34.6 Å². The maximum atomic E-state index is 12.6. The Hall–Kier alpha value is -1.98. The first-order valence-corrected chi connectivity index (χ1v) is 11.6. The molecule has 0 radical (unpaired) electrons. The van der Waals surface area contributed by atoms with E-state index in [4.69, 9.17) is 20.9 Å². The fourth-order valence-corrected chi connectivity index (χ4v) is 4.99. The lowest BCUT2D eigenvalue weighted by atomic mass is 10.2. The topological polar surface area (TPSA) is 98.4 Å². The second kappa shape index (κ2) is 8.80. The van der Waals surface area contributed by atoms with Crippen molar-refractivity contribution in [3.8, 4) is 11.5 Å². The molecule has 1 aromatic carbocycles. The number of hydrogen-bond acceptors (Lipinski definition) is 8. The summed E-state index contributed by atoms with van der Waals surface area (Å²) in [6.07, 6.45) is 1.37. The summed E-state index contributed by atoms with van der Waals surface area (Å²) in [5, 5.41) is 5.16. The molecule has 4 rings (SSSR count). The number of ether oxygens (including phenoxy) is 1. The van der Waals surface area contributed by atoms with Gasteiger partial charge in [-0.3, -0.25) is 0 Å². The Balaban J connectivity index is 1.40. The number of aromatic nitrogens is 3. The average molecular weight is 453 g/mol. The van der Waals surface area contributed by atoms with E-state index in [2.05, 4.69) is 15.1 Å². The summed E-state index contributed by atoms with van der Waals surface area (Å²) < 4.78 is 37.1. The second-order valence-electron chi connectivity index (χ2n) is 6.13. The van der Waals surface area contributed by atoms with Gasteiger partial charge in [-0.15, -0.1) is 0 Å². The zero-order valence-electron chi connectivity index (χ0n) is 15.2. The molecule has 2 aromatic heterocycles. The van der Waals surface area contributed by atoms with Crippen LogP contribution in [0.1, 0.15) is 5.82 Å². The summed E-state index contributed by atoms with van der Waals surface area (Å²) in [4.78, 5) is 8.77.